The summed E-state index contributed by atoms with van der Waals surface area (Å²) in [4.78, 5) is 16.1. The first-order chi connectivity index (χ1) is 11.6. The van der Waals surface area contributed by atoms with Crippen LogP contribution in [0.2, 0.25) is 0 Å². The Labute approximate surface area is 140 Å². The summed E-state index contributed by atoms with van der Waals surface area (Å²) in [6, 6.07) is 9.37. The molecule has 0 saturated carbocycles. The number of nitrogens with zero attached hydrogens (tertiary/aromatic N) is 4. The van der Waals surface area contributed by atoms with Crippen LogP contribution in [0.25, 0.3) is 11.4 Å². The lowest BCUT2D eigenvalue weighted by molar-refractivity contribution is 0.379. The predicted octanol–water partition coefficient (Wildman–Crippen LogP) is 1.90. The lowest BCUT2D eigenvalue weighted by atomic mass is 10.2. The van der Waals surface area contributed by atoms with Crippen molar-refractivity contribution in [2.24, 2.45) is 0 Å². The SMILES string of the molecule is CCCn1c([S@](=O)[C@@H](C)c2nc(-c3ccccc3)no2)n[nH]c1=O. The fourth-order valence-electron chi connectivity index (χ4n) is 2.23. The smallest absolute Gasteiger partial charge is 0.338 e. The van der Waals surface area contributed by atoms with Crippen molar-refractivity contribution in [3.8, 4) is 11.4 Å². The van der Waals surface area contributed by atoms with E-state index in [9.17, 15) is 9.00 Å². The molecular formula is C15H17N5O3S. The molecule has 2 heterocycles. The first-order valence-electron chi connectivity index (χ1n) is 7.56. The maximum atomic E-state index is 12.7. The molecule has 9 heteroatoms. The molecule has 8 nitrogen and oxygen atoms in total. The van der Waals surface area contributed by atoms with Crippen LogP contribution < -0.4 is 5.69 Å². The number of aromatic amines is 1. The average Bonchev–Trinajstić information content (AvgIpc) is 3.23. The van der Waals surface area contributed by atoms with Crippen LogP contribution in [0.3, 0.4) is 0 Å². The van der Waals surface area contributed by atoms with Crippen molar-refractivity contribution in [1.82, 2.24) is 24.9 Å². The zero-order chi connectivity index (χ0) is 17.1. The maximum Gasteiger partial charge on any atom is 0.344 e. The van der Waals surface area contributed by atoms with E-state index < -0.39 is 16.0 Å². The molecule has 2 atom stereocenters. The van der Waals surface area contributed by atoms with Crippen LogP contribution in [0, 0.1) is 0 Å². The molecule has 0 fully saturated rings. The second-order valence-electron chi connectivity index (χ2n) is 5.22. The minimum Gasteiger partial charge on any atom is -0.338 e. The van der Waals surface area contributed by atoms with E-state index in [4.69, 9.17) is 4.52 Å². The molecule has 24 heavy (non-hydrogen) atoms. The van der Waals surface area contributed by atoms with Crippen molar-refractivity contribution in [1.29, 1.82) is 0 Å². The standard InChI is InChI=1S/C15H17N5O3S/c1-3-9-20-14(21)17-18-15(20)24(22)10(2)13-16-12(19-23-13)11-7-5-4-6-8-11/h4-8,10H,3,9H2,1-2H3,(H,17,21)/t10-,24+/m0/s1. The summed E-state index contributed by atoms with van der Waals surface area (Å²) in [5.41, 5.74) is 0.441. The third-order valence-electron chi connectivity index (χ3n) is 3.49. The van der Waals surface area contributed by atoms with Gasteiger partial charge in [-0.05, 0) is 13.3 Å². The predicted molar refractivity (Wildman–Crippen MR) is 87.7 cm³/mol. The van der Waals surface area contributed by atoms with Gasteiger partial charge in [0.25, 0.3) is 0 Å². The van der Waals surface area contributed by atoms with Crippen molar-refractivity contribution < 1.29 is 8.73 Å². The number of rotatable bonds is 6. The van der Waals surface area contributed by atoms with Crippen molar-refractivity contribution >= 4 is 10.8 Å². The second kappa shape index (κ2) is 6.91. The number of hydrogen-bond acceptors (Lipinski definition) is 6. The summed E-state index contributed by atoms with van der Waals surface area (Å²) in [6.07, 6.45) is 0.733. The van der Waals surface area contributed by atoms with Gasteiger partial charge >= 0.3 is 5.69 Å². The molecule has 1 N–H and O–H groups in total. The molecule has 3 aromatic rings. The average molecular weight is 347 g/mol. The second-order valence-corrected chi connectivity index (χ2v) is 6.89. The van der Waals surface area contributed by atoms with Crippen molar-refractivity contribution in [2.45, 2.75) is 37.2 Å². The van der Waals surface area contributed by atoms with E-state index in [2.05, 4.69) is 20.3 Å². The minimum atomic E-state index is -1.59. The summed E-state index contributed by atoms with van der Waals surface area (Å²) in [6.45, 7) is 4.08. The maximum absolute atomic E-state index is 12.7. The minimum absolute atomic E-state index is 0.189. The molecule has 1 aromatic carbocycles. The van der Waals surface area contributed by atoms with E-state index in [1.807, 2.05) is 37.3 Å². The van der Waals surface area contributed by atoms with Gasteiger partial charge in [0, 0.05) is 12.1 Å². The summed E-state index contributed by atoms with van der Waals surface area (Å²) >= 11 is 0. The molecule has 126 valence electrons. The Balaban J connectivity index is 1.87. The van der Waals surface area contributed by atoms with Gasteiger partial charge in [-0.2, -0.15) is 4.98 Å². The van der Waals surface area contributed by atoms with Gasteiger partial charge in [0.05, 0.1) is 0 Å². The molecule has 0 aliphatic heterocycles. The summed E-state index contributed by atoms with van der Waals surface area (Å²) in [5, 5.41) is 9.76. The van der Waals surface area contributed by atoms with E-state index in [0.717, 1.165) is 12.0 Å². The zero-order valence-corrected chi connectivity index (χ0v) is 14.1. The highest BCUT2D eigenvalue weighted by Gasteiger charge is 2.26. The van der Waals surface area contributed by atoms with Crippen LogP contribution in [-0.2, 0) is 17.3 Å². The first kappa shape index (κ1) is 16.3. The molecule has 0 unspecified atom stereocenters. The van der Waals surface area contributed by atoms with Gasteiger partial charge < -0.3 is 4.52 Å². The summed E-state index contributed by atoms with van der Waals surface area (Å²) < 4.78 is 19.4. The van der Waals surface area contributed by atoms with E-state index in [1.54, 1.807) is 6.92 Å². The lowest BCUT2D eigenvalue weighted by Crippen LogP contribution is -2.20. The quantitative estimate of drug-likeness (QED) is 0.730. The largest absolute Gasteiger partial charge is 0.344 e. The molecule has 0 bridgehead atoms. The van der Waals surface area contributed by atoms with Gasteiger partial charge in [-0.1, -0.05) is 42.4 Å². The van der Waals surface area contributed by atoms with E-state index >= 15 is 0 Å². The number of aromatic nitrogens is 5. The van der Waals surface area contributed by atoms with Crippen molar-refractivity contribution in [3.05, 3.63) is 46.7 Å². The van der Waals surface area contributed by atoms with Gasteiger partial charge in [0.15, 0.2) is 0 Å². The Kier molecular flexibility index (Phi) is 4.70. The van der Waals surface area contributed by atoms with Crippen molar-refractivity contribution in [2.75, 3.05) is 0 Å². The molecule has 3 rings (SSSR count). The van der Waals surface area contributed by atoms with Gasteiger partial charge in [-0.3, -0.25) is 8.78 Å². The Morgan fingerprint density at radius 1 is 1.33 bits per heavy atom. The Hall–Kier alpha value is -2.55. The fraction of sp³-hybridized carbons (Fsp3) is 0.333. The highest BCUT2D eigenvalue weighted by molar-refractivity contribution is 7.85. The third kappa shape index (κ3) is 3.07. The number of benzene rings is 1. The molecule has 0 amide bonds. The summed E-state index contributed by atoms with van der Waals surface area (Å²) in [7, 11) is -1.59. The van der Waals surface area contributed by atoms with Gasteiger partial charge in [-0.25, -0.2) is 9.89 Å². The van der Waals surface area contributed by atoms with Crippen LogP contribution >= 0.6 is 0 Å². The molecule has 0 saturated heterocycles. The van der Waals surface area contributed by atoms with Crippen LogP contribution in [0.5, 0.6) is 0 Å². The summed E-state index contributed by atoms with van der Waals surface area (Å²) in [5.74, 6) is 0.674. The number of nitrogens with one attached hydrogen (secondary N) is 1. The zero-order valence-electron chi connectivity index (χ0n) is 13.3. The third-order valence-corrected chi connectivity index (χ3v) is 5.01. The topological polar surface area (TPSA) is 107 Å². The molecule has 0 spiro atoms. The molecule has 0 aliphatic rings. The van der Waals surface area contributed by atoms with Crippen LogP contribution in [0.15, 0.2) is 44.8 Å². The highest BCUT2D eigenvalue weighted by Crippen LogP contribution is 2.24. The normalized spacial score (nSPS) is 13.8. The van der Waals surface area contributed by atoms with Crippen LogP contribution in [-0.4, -0.2) is 29.1 Å². The van der Waals surface area contributed by atoms with Crippen LogP contribution in [0.4, 0.5) is 0 Å². The Bertz CT molecular complexity index is 899. The molecular weight excluding hydrogens is 330 g/mol. The first-order valence-corrected chi connectivity index (χ1v) is 8.78. The number of H-pyrrole nitrogens is 1. The Morgan fingerprint density at radius 2 is 2.08 bits per heavy atom. The molecule has 0 aliphatic carbocycles. The molecule has 0 radical (unpaired) electrons. The van der Waals surface area contributed by atoms with E-state index in [0.29, 0.717) is 12.4 Å². The van der Waals surface area contributed by atoms with Gasteiger partial charge in [0.2, 0.25) is 16.9 Å². The van der Waals surface area contributed by atoms with Gasteiger partial charge in [0.1, 0.15) is 16.0 Å². The van der Waals surface area contributed by atoms with E-state index in [-0.39, 0.29) is 16.7 Å². The highest BCUT2D eigenvalue weighted by atomic mass is 32.2. The van der Waals surface area contributed by atoms with E-state index in [1.165, 1.54) is 4.57 Å². The van der Waals surface area contributed by atoms with Gasteiger partial charge in [-0.15, -0.1) is 5.10 Å². The number of hydrogen-bond donors (Lipinski definition) is 1. The Morgan fingerprint density at radius 3 is 2.79 bits per heavy atom. The fourth-order valence-corrected chi connectivity index (χ4v) is 3.35. The lowest BCUT2D eigenvalue weighted by Gasteiger charge is -2.07. The molecule has 2 aromatic heterocycles. The van der Waals surface area contributed by atoms with Crippen LogP contribution in [0.1, 0.15) is 31.4 Å². The monoisotopic (exact) mass is 347 g/mol. The van der Waals surface area contributed by atoms with Crippen molar-refractivity contribution in [3.63, 3.8) is 0 Å².